The van der Waals surface area contributed by atoms with Crippen molar-refractivity contribution in [2.75, 3.05) is 18.6 Å². The molecular formula is C36H49N3O8S. The van der Waals surface area contributed by atoms with E-state index in [0.717, 1.165) is 17.4 Å². The molecule has 2 aromatic carbocycles. The van der Waals surface area contributed by atoms with E-state index in [2.05, 4.69) is 16.0 Å². The van der Waals surface area contributed by atoms with Gasteiger partial charge >= 0.3 is 12.1 Å². The lowest BCUT2D eigenvalue weighted by molar-refractivity contribution is -0.139. The molecule has 48 heavy (non-hydrogen) atoms. The Morgan fingerprint density at radius 1 is 0.854 bits per heavy atom. The lowest BCUT2D eigenvalue weighted by Crippen LogP contribution is -2.46. The zero-order valence-electron chi connectivity index (χ0n) is 28.0. The van der Waals surface area contributed by atoms with E-state index < -0.39 is 36.0 Å². The Morgan fingerprint density at radius 2 is 1.50 bits per heavy atom. The van der Waals surface area contributed by atoms with Crippen molar-refractivity contribution in [2.45, 2.75) is 77.5 Å². The van der Waals surface area contributed by atoms with E-state index in [0.29, 0.717) is 18.6 Å². The third-order valence-electron chi connectivity index (χ3n) is 7.75. The zero-order valence-corrected chi connectivity index (χ0v) is 28.8. The van der Waals surface area contributed by atoms with Gasteiger partial charge in [-0.1, -0.05) is 74.5 Å². The average Bonchev–Trinajstić information content (AvgIpc) is 3.06. The number of aldehydes is 1. The fraction of sp³-hybridized carbons (Fsp3) is 0.500. The molecule has 2 aromatic rings. The molecule has 11 nitrogen and oxygen atoms in total. The molecule has 4 atom stereocenters. The standard InChI is InChI=1S/C36H49N3O8S/c1-25(2)21-31(38-34(43)28(16-19-40)17-20-48-3)32(41)23-29(22-26-11-6-4-7-12-26)33(42)37-18-10-15-30(35(44)45)39-36(46)47-24-27-13-8-5-9-14-27/h4-9,11-14,19,25,28-31H,10,15-18,20-24H2,1-3H3,(H,37,42)(H,38,43)(H,39,46)(H,44,45)/t28-,29+,30-,31-/m0/s1. The van der Waals surface area contributed by atoms with Crippen molar-refractivity contribution >= 4 is 47.7 Å². The summed E-state index contributed by atoms with van der Waals surface area (Å²) in [5.41, 5.74) is 1.62. The normalized spacial score (nSPS) is 13.4. The highest BCUT2D eigenvalue weighted by Gasteiger charge is 2.30. The first-order valence-corrected chi connectivity index (χ1v) is 17.7. The molecule has 4 N–H and O–H groups in total. The van der Waals surface area contributed by atoms with E-state index in [1.165, 1.54) is 0 Å². The molecule has 0 radical (unpaired) electrons. The van der Waals surface area contributed by atoms with Crippen LogP contribution in [0.1, 0.15) is 63.5 Å². The summed E-state index contributed by atoms with van der Waals surface area (Å²) in [6.45, 7) is 4.01. The molecule has 0 saturated carbocycles. The number of alkyl carbamates (subject to hydrolysis) is 1. The van der Waals surface area contributed by atoms with Crippen molar-refractivity contribution in [1.82, 2.24) is 16.0 Å². The van der Waals surface area contributed by atoms with Crippen LogP contribution in [0.5, 0.6) is 0 Å². The third-order valence-corrected chi connectivity index (χ3v) is 8.39. The third kappa shape index (κ3) is 15.6. The Labute approximate surface area is 287 Å². The van der Waals surface area contributed by atoms with Crippen LogP contribution in [-0.4, -0.2) is 71.7 Å². The Kier molecular flexibility index (Phi) is 18.7. The van der Waals surface area contributed by atoms with E-state index in [9.17, 15) is 33.9 Å². The van der Waals surface area contributed by atoms with E-state index in [1.807, 2.05) is 56.5 Å². The van der Waals surface area contributed by atoms with Crippen molar-refractivity contribution in [3.05, 3.63) is 71.8 Å². The number of carboxylic acids is 1. The predicted octanol–water partition coefficient (Wildman–Crippen LogP) is 4.57. The van der Waals surface area contributed by atoms with Crippen molar-refractivity contribution in [3.63, 3.8) is 0 Å². The minimum Gasteiger partial charge on any atom is -0.480 e. The number of amides is 3. The van der Waals surface area contributed by atoms with E-state index >= 15 is 0 Å². The Morgan fingerprint density at radius 3 is 2.08 bits per heavy atom. The quantitative estimate of drug-likeness (QED) is 0.0969. The van der Waals surface area contributed by atoms with Gasteiger partial charge in [-0.25, -0.2) is 9.59 Å². The topological polar surface area (TPSA) is 168 Å². The van der Waals surface area contributed by atoms with Gasteiger partial charge in [0.05, 0.1) is 6.04 Å². The maximum absolute atomic E-state index is 13.7. The number of ketones is 1. The summed E-state index contributed by atoms with van der Waals surface area (Å²) in [5.74, 6) is -2.70. The molecule has 12 heteroatoms. The van der Waals surface area contributed by atoms with E-state index in [4.69, 9.17) is 4.74 Å². The van der Waals surface area contributed by atoms with E-state index in [-0.39, 0.29) is 68.8 Å². The zero-order chi connectivity index (χ0) is 35.3. The molecule has 3 amide bonds. The molecule has 0 saturated heterocycles. The average molecular weight is 684 g/mol. The molecule has 0 aliphatic carbocycles. The number of thioether (sulfide) groups is 1. The van der Waals surface area contributed by atoms with Crippen molar-refractivity contribution in [2.24, 2.45) is 17.8 Å². The summed E-state index contributed by atoms with van der Waals surface area (Å²) >= 11 is 1.58. The Hall–Kier alpha value is -4.19. The summed E-state index contributed by atoms with van der Waals surface area (Å²) < 4.78 is 5.13. The van der Waals surface area contributed by atoms with Gasteiger partial charge in [-0.15, -0.1) is 0 Å². The van der Waals surface area contributed by atoms with Gasteiger partial charge in [0.1, 0.15) is 18.9 Å². The molecule has 0 bridgehead atoms. The van der Waals surface area contributed by atoms with Gasteiger partial charge in [-0.2, -0.15) is 11.8 Å². The van der Waals surface area contributed by atoms with Gasteiger partial charge in [0.2, 0.25) is 11.8 Å². The lowest BCUT2D eigenvalue weighted by atomic mass is 9.88. The maximum Gasteiger partial charge on any atom is 0.408 e. The molecule has 0 aromatic heterocycles. The number of carboxylic acid groups (broad SMARTS) is 1. The Balaban J connectivity index is 2.03. The van der Waals surface area contributed by atoms with Crippen LogP contribution in [0.3, 0.4) is 0 Å². The number of nitrogens with one attached hydrogen (secondary N) is 3. The number of Topliss-reactive ketones (excluding diaryl/α,β-unsaturated/α-hetero) is 1. The van der Waals surface area contributed by atoms with Crippen LogP contribution in [-0.2, 0) is 41.7 Å². The fourth-order valence-electron chi connectivity index (χ4n) is 5.13. The molecular weight excluding hydrogens is 634 g/mol. The molecule has 0 aliphatic rings. The van der Waals surface area contributed by atoms with Gasteiger partial charge in [0, 0.05) is 31.2 Å². The fourth-order valence-corrected chi connectivity index (χ4v) is 5.65. The first kappa shape index (κ1) is 40.0. The van der Waals surface area contributed by atoms with Gasteiger partial charge in [-0.05, 0) is 61.2 Å². The minimum absolute atomic E-state index is 0.00432. The van der Waals surface area contributed by atoms with Crippen LogP contribution < -0.4 is 16.0 Å². The van der Waals surface area contributed by atoms with Crippen LogP contribution in [0.2, 0.25) is 0 Å². The minimum atomic E-state index is -1.23. The molecule has 0 fully saturated rings. The van der Waals surface area contributed by atoms with Crippen LogP contribution in [0.4, 0.5) is 4.79 Å². The SMILES string of the molecule is CSCC[C@H](CC=O)C(=O)N[C@@H](CC(C)C)C(=O)C[C@@H](Cc1ccccc1)C(=O)NCCC[C@H](NC(=O)OCc1ccccc1)C(=O)O. The second-order valence-corrected chi connectivity index (χ2v) is 13.1. The molecule has 0 heterocycles. The van der Waals surface area contributed by atoms with Crippen LogP contribution in [0, 0.1) is 17.8 Å². The monoisotopic (exact) mass is 683 g/mol. The number of carbonyl (C=O) groups is 6. The highest BCUT2D eigenvalue weighted by molar-refractivity contribution is 7.98. The number of aliphatic carboxylic acids is 1. The second kappa shape index (κ2) is 22.4. The number of hydrogen-bond acceptors (Lipinski definition) is 8. The summed E-state index contributed by atoms with van der Waals surface area (Å²) in [5, 5.41) is 17.7. The highest BCUT2D eigenvalue weighted by Crippen LogP contribution is 2.19. The smallest absolute Gasteiger partial charge is 0.408 e. The summed E-state index contributed by atoms with van der Waals surface area (Å²) in [6, 6.07) is 16.3. The number of ether oxygens (including phenoxy) is 1. The molecule has 2 rings (SSSR count). The van der Waals surface area contributed by atoms with Crippen LogP contribution >= 0.6 is 11.8 Å². The summed E-state index contributed by atoms with van der Waals surface area (Å²) in [6.07, 6.45) is 3.21. The first-order valence-electron chi connectivity index (χ1n) is 16.3. The number of rotatable bonds is 23. The Bertz CT molecular complexity index is 1310. The molecule has 262 valence electrons. The molecule has 0 spiro atoms. The largest absolute Gasteiger partial charge is 0.480 e. The maximum atomic E-state index is 13.7. The van der Waals surface area contributed by atoms with Crippen molar-refractivity contribution < 1.29 is 38.6 Å². The van der Waals surface area contributed by atoms with Gasteiger partial charge < -0.3 is 30.6 Å². The first-order chi connectivity index (χ1) is 23.0. The summed E-state index contributed by atoms with van der Waals surface area (Å²) in [7, 11) is 0. The van der Waals surface area contributed by atoms with Gasteiger partial charge in [0.15, 0.2) is 5.78 Å². The van der Waals surface area contributed by atoms with Crippen molar-refractivity contribution in [3.8, 4) is 0 Å². The highest BCUT2D eigenvalue weighted by atomic mass is 32.2. The predicted molar refractivity (Wildman–Crippen MR) is 185 cm³/mol. The van der Waals surface area contributed by atoms with Crippen molar-refractivity contribution in [1.29, 1.82) is 0 Å². The second-order valence-electron chi connectivity index (χ2n) is 12.2. The summed E-state index contributed by atoms with van der Waals surface area (Å²) in [4.78, 5) is 75.4. The van der Waals surface area contributed by atoms with E-state index in [1.54, 1.807) is 36.0 Å². The number of benzene rings is 2. The number of hydrogen-bond donors (Lipinski definition) is 4. The van der Waals surface area contributed by atoms with Gasteiger partial charge in [0.25, 0.3) is 0 Å². The van der Waals surface area contributed by atoms with Gasteiger partial charge in [-0.3, -0.25) is 14.4 Å². The van der Waals surface area contributed by atoms with Crippen LogP contribution in [0.25, 0.3) is 0 Å². The molecule has 0 unspecified atom stereocenters. The number of carbonyl (C=O) groups excluding carboxylic acids is 5. The van der Waals surface area contributed by atoms with Crippen LogP contribution in [0.15, 0.2) is 60.7 Å². The lowest BCUT2D eigenvalue weighted by Gasteiger charge is -2.24. The molecule has 0 aliphatic heterocycles.